The lowest BCUT2D eigenvalue weighted by atomic mass is 9.97. The van der Waals surface area contributed by atoms with E-state index in [-0.39, 0.29) is 11.1 Å². The molecule has 0 aromatic heterocycles. The smallest absolute Gasteiger partial charge is 0.166 e. The molecule has 0 aliphatic rings. The molecule has 0 nitrogen and oxygen atoms in total. The second-order valence-electron chi connectivity index (χ2n) is 4.05. The Labute approximate surface area is 110 Å². The Kier molecular flexibility index (Phi) is 3.50. The van der Waals surface area contributed by atoms with Gasteiger partial charge in [0.1, 0.15) is 0 Å². The van der Waals surface area contributed by atoms with Crippen molar-refractivity contribution in [1.29, 1.82) is 0 Å². The van der Waals surface area contributed by atoms with E-state index in [1.54, 1.807) is 0 Å². The number of hydrogen-bond donors (Lipinski definition) is 0. The van der Waals surface area contributed by atoms with Gasteiger partial charge in [0.05, 0.1) is 11.1 Å². The van der Waals surface area contributed by atoms with Crippen molar-refractivity contribution in [2.45, 2.75) is 12.4 Å². The van der Waals surface area contributed by atoms with Gasteiger partial charge in [-0.25, -0.2) is 0 Å². The molecule has 2 aromatic rings. The molecule has 0 saturated heterocycles. The van der Waals surface area contributed by atoms with Crippen molar-refractivity contribution in [1.82, 2.24) is 0 Å². The van der Waals surface area contributed by atoms with Crippen LogP contribution in [0, 0.1) is 6.07 Å². The van der Waals surface area contributed by atoms with Crippen molar-refractivity contribution in [3.63, 3.8) is 0 Å². The van der Waals surface area contributed by atoms with Crippen molar-refractivity contribution in [3.05, 3.63) is 59.7 Å². The third kappa shape index (κ3) is 2.95. The van der Waals surface area contributed by atoms with Crippen LogP contribution in [-0.4, -0.2) is 0 Å². The molecular formula is C14H7F6. The fourth-order valence-corrected chi connectivity index (χ4v) is 1.78. The minimum Gasteiger partial charge on any atom is -0.166 e. The minimum absolute atomic E-state index is 0.138. The Morgan fingerprint density at radius 2 is 1.55 bits per heavy atom. The molecule has 0 heterocycles. The standard InChI is InChI=1S/C14H7F6/c15-13(16,17)10-5-3-4-9(8-10)11-6-1-2-7-12(11)14(18,19)20/h1,3-8H. The largest absolute Gasteiger partial charge is 0.417 e. The molecule has 0 aliphatic heterocycles. The van der Waals surface area contributed by atoms with Crippen LogP contribution in [0.3, 0.4) is 0 Å². The van der Waals surface area contributed by atoms with Crippen LogP contribution < -0.4 is 0 Å². The lowest BCUT2D eigenvalue weighted by Gasteiger charge is -2.14. The van der Waals surface area contributed by atoms with Crippen molar-refractivity contribution in [2.24, 2.45) is 0 Å². The highest BCUT2D eigenvalue weighted by Gasteiger charge is 2.34. The Morgan fingerprint density at radius 1 is 0.850 bits per heavy atom. The summed E-state index contributed by atoms with van der Waals surface area (Å²) in [6, 6.07) is 9.12. The summed E-state index contributed by atoms with van der Waals surface area (Å²) >= 11 is 0. The Morgan fingerprint density at radius 3 is 2.15 bits per heavy atom. The van der Waals surface area contributed by atoms with Crippen LogP contribution in [0.2, 0.25) is 0 Å². The first-order chi connectivity index (χ1) is 9.19. The van der Waals surface area contributed by atoms with Crippen LogP contribution in [0.4, 0.5) is 26.3 Å². The van der Waals surface area contributed by atoms with Gasteiger partial charge in [0.25, 0.3) is 0 Å². The molecule has 0 amide bonds. The average molecular weight is 289 g/mol. The van der Waals surface area contributed by atoms with Gasteiger partial charge in [-0.15, -0.1) is 0 Å². The first-order valence-electron chi connectivity index (χ1n) is 5.44. The average Bonchev–Trinajstić information content (AvgIpc) is 2.37. The molecular weight excluding hydrogens is 282 g/mol. The zero-order chi connectivity index (χ0) is 15.0. The Bertz CT molecular complexity index is 610. The zero-order valence-electron chi connectivity index (χ0n) is 9.81. The van der Waals surface area contributed by atoms with E-state index in [0.717, 1.165) is 24.3 Å². The van der Waals surface area contributed by atoms with E-state index in [4.69, 9.17) is 0 Å². The van der Waals surface area contributed by atoms with Gasteiger partial charge >= 0.3 is 12.4 Å². The van der Waals surface area contributed by atoms with Crippen molar-refractivity contribution >= 4 is 0 Å². The molecule has 0 atom stereocenters. The summed E-state index contributed by atoms with van der Waals surface area (Å²) in [5.74, 6) is 0. The zero-order valence-corrected chi connectivity index (χ0v) is 9.81. The molecule has 2 rings (SSSR count). The SMILES string of the molecule is FC(F)(F)c1cccc(-c2cc[c]cc2C(F)(F)F)c1. The van der Waals surface area contributed by atoms with Crippen LogP contribution in [0.25, 0.3) is 11.1 Å². The van der Waals surface area contributed by atoms with Crippen LogP contribution in [-0.2, 0) is 12.4 Å². The highest BCUT2D eigenvalue weighted by atomic mass is 19.4. The highest BCUT2D eigenvalue weighted by molar-refractivity contribution is 5.68. The molecule has 20 heavy (non-hydrogen) atoms. The molecule has 0 bridgehead atoms. The number of benzene rings is 2. The van der Waals surface area contributed by atoms with E-state index < -0.39 is 23.5 Å². The van der Waals surface area contributed by atoms with Crippen LogP contribution >= 0.6 is 0 Å². The third-order valence-electron chi connectivity index (χ3n) is 2.67. The second-order valence-corrected chi connectivity index (χ2v) is 4.05. The van der Waals surface area contributed by atoms with E-state index in [1.165, 1.54) is 12.1 Å². The predicted octanol–water partition coefficient (Wildman–Crippen LogP) is 5.19. The van der Waals surface area contributed by atoms with Gasteiger partial charge in [0.15, 0.2) is 0 Å². The van der Waals surface area contributed by atoms with Crippen LogP contribution in [0.5, 0.6) is 0 Å². The van der Waals surface area contributed by atoms with Gasteiger partial charge in [-0.2, -0.15) is 26.3 Å². The maximum Gasteiger partial charge on any atom is 0.417 e. The summed E-state index contributed by atoms with van der Waals surface area (Å²) in [6.45, 7) is 0. The normalized spacial score (nSPS) is 12.5. The summed E-state index contributed by atoms with van der Waals surface area (Å²) in [5.41, 5.74) is -2.45. The Balaban J connectivity index is 2.59. The third-order valence-corrected chi connectivity index (χ3v) is 2.67. The lowest BCUT2D eigenvalue weighted by Crippen LogP contribution is -2.08. The van der Waals surface area contributed by atoms with Crippen molar-refractivity contribution in [2.75, 3.05) is 0 Å². The summed E-state index contributed by atoms with van der Waals surface area (Å²) in [5, 5.41) is 0. The first-order valence-corrected chi connectivity index (χ1v) is 5.44. The highest BCUT2D eigenvalue weighted by Crippen LogP contribution is 2.38. The monoisotopic (exact) mass is 289 g/mol. The fourth-order valence-electron chi connectivity index (χ4n) is 1.78. The first kappa shape index (κ1) is 14.4. The van der Waals surface area contributed by atoms with Gasteiger partial charge in [0, 0.05) is 0 Å². The molecule has 2 aromatic carbocycles. The van der Waals surface area contributed by atoms with Gasteiger partial charge < -0.3 is 0 Å². The quantitative estimate of drug-likeness (QED) is 0.634. The van der Waals surface area contributed by atoms with Gasteiger partial charge in [-0.1, -0.05) is 24.3 Å². The predicted molar refractivity (Wildman–Crippen MR) is 60.7 cm³/mol. The molecule has 0 fully saturated rings. The number of halogens is 6. The maximum absolute atomic E-state index is 12.8. The molecule has 0 unspecified atom stereocenters. The van der Waals surface area contributed by atoms with E-state index in [2.05, 4.69) is 6.07 Å². The summed E-state index contributed by atoms with van der Waals surface area (Å²) in [6.07, 6.45) is -9.25. The van der Waals surface area contributed by atoms with E-state index in [0.29, 0.717) is 6.07 Å². The van der Waals surface area contributed by atoms with E-state index in [9.17, 15) is 26.3 Å². The molecule has 0 spiro atoms. The topological polar surface area (TPSA) is 0 Å². The maximum atomic E-state index is 12.8. The van der Waals surface area contributed by atoms with Crippen LogP contribution in [0.1, 0.15) is 11.1 Å². The minimum atomic E-state index is -4.65. The van der Waals surface area contributed by atoms with Crippen molar-refractivity contribution in [3.8, 4) is 11.1 Å². The summed E-state index contributed by atoms with van der Waals surface area (Å²) < 4.78 is 76.2. The molecule has 0 N–H and O–H groups in total. The van der Waals surface area contributed by atoms with Gasteiger partial charge in [-0.05, 0) is 35.4 Å². The fraction of sp³-hybridized carbons (Fsp3) is 0.143. The van der Waals surface area contributed by atoms with Crippen molar-refractivity contribution < 1.29 is 26.3 Å². The number of hydrogen-bond acceptors (Lipinski definition) is 0. The van der Waals surface area contributed by atoms with E-state index in [1.807, 2.05) is 0 Å². The van der Waals surface area contributed by atoms with E-state index >= 15 is 0 Å². The second kappa shape index (κ2) is 4.85. The van der Waals surface area contributed by atoms with Crippen LogP contribution in [0.15, 0.2) is 42.5 Å². The number of rotatable bonds is 1. The lowest BCUT2D eigenvalue weighted by molar-refractivity contribution is -0.137. The Hall–Kier alpha value is -1.98. The molecule has 1 radical (unpaired) electrons. The molecule has 0 saturated carbocycles. The summed E-state index contributed by atoms with van der Waals surface area (Å²) in [4.78, 5) is 0. The van der Waals surface area contributed by atoms with Gasteiger partial charge in [-0.3, -0.25) is 0 Å². The molecule has 6 heteroatoms. The van der Waals surface area contributed by atoms with Gasteiger partial charge in [0.2, 0.25) is 0 Å². The molecule has 0 aliphatic carbocycles. The molecule has 105 valence electrons. The summed E-state index contributed by atoms with van der Waals surface area (Å²) in [7, 11) is 0. The number of alkyl halides is 6.